The van der Waals surface area contributed by atoms with Crippen LogP contribution in [0.1, 0.15) is 36.9 Å². The molecule has 39 heavy (non-hydrogen) atoms. The summed E-state index contributed by atoms with van der Waals surface area (Å²) in [5.74, 6) is 1.37. The van der Waals surface area contributed by atoms with E-state index in [0.29, 0.717) is 50.3 Å². The van der Waals surface area contributed by atoms with Crippen LogP contribution < -0.4 is 25.4 Å². The van der Waals surface area contributed by atoms with Crippen LogP contribution in [0.25, 0.3) is 0 Å². The minimum Gasteiger partial charge on any atom is -0.481 e. The van der Waals surface area contributed by atoms with E-state index in [4.69, 9.17) is 14.0 Å². The van der Waals surface area contributed by atoms with Crippen LogP contribution in [0.15, 0.2) is 75.2 Å². The van der Waals surface area contributed by atoms with Gasteiger partial charge in [-0.3, -0.25) is 10.1 Å². The van der Waals surface area contributed by atoms with Gasteiger partial charge in [-0.25, -0.2) is 4.79 Å². The second-order valence-electron chi connectivity index (χ2n) is 9.27. The fourth-order valence-electron chi connectivity index (χ4n) is 3.28. The summed E-state index contributed by atoms with van der Waals surface area (Å²) in [6, 6.07) is 16.6. The molecule has 202 valence electrons. The zero-order chi connectivity index (χ0) is 28.0. The molecule has 4 aromatic rings. The number of benzene rings is 2. The van der Waals surface area contributed by atoms with E-state index >= 15 is 0 Å². The smallest absolute Gasteiger partial charge is 0.324 e. The number of rotatable bonds is 8. The molecule has 3 N–H and O–H groups in total. The molecule has 2 aromatic heterocycles. The number of aromatic nitrogens is 3. The highest BCUT2D eigenvalue weighted by atomic mass is 32.2. The van der Waals surface area contributed by atoms with Gasteiger partial charge in [-0.1, -0.05) is 38.1 Å². The highest BCUT2D eigenvalue weighted by molar-refractivity contribution is 7.99. The van der Waals surface area contributed by atoms with Crippen molar-refractivity contribution in [2.45, 2.75) is 36.2 Å². The lowest BCUT2D eigenvalue weighted by Crippen LogP contribution is -2.19. The molecule has 0 saturated carbocycles. The van der Waals surface area contributed by atoms with Gasteiger partial charge in [0.05, 0.1) is 25.8 Å². The van der Waals surface area contributed by atoms with E-state index in [2.05, 4.69) is 31.1 Å². The Kier molecular flexibility index (Phi) is 8.35. The van der Waals surface area contributed by atoms with E-state index in [1.54, 1.807) is 54.6 Å². The molecule has 3 amide bonds. The lowest BCUT2D eigenvalue weighted by atomic mass is 9.93. The van der Waals surface area contributed by atoms with Crippen molar-refractivity contribution in [2.75, 3.05) is 30.2 Å². The number of carbonyl (C=O) groups excluding carboxylic acids is 2. The van der Waals surface area contributed by atoms with Crippen molar-refractivity contribution in [1.82, 2.24) is 15.1 Å². The van der Waals surface area contributed by atoms with Crippen molar-refractivity contribution < 1.29 is 23.6 Å². The Bertz CT molecular complexity index is 1440. The van der Waals surface area contributed by atoms with Gasteiger partial charge in [0.15, 0.2) is 11.0 Å². The molecule has 4 rings (SSSR count). The van der Waals surface area contributed by atoms with Crippen molar-refractivity contribution in [3.63, 3.8) is 0 Å². The van der Waals surface area contributed by atoms with Crippen LogP contribution in [0.4, 0.5) is 22.0 Å². The Morgan fingerprint density at radius 3 is 2.05 bits per heavy atom. The molecule has 0 unspecified atom stereocenters. The molecule has 0 aliphatic rings. The predicted octanol–water partition coefficient (Wildman–Crippen LogP) is 5.83. The molecular weight excluding hydrogens is 520 g/mol. The lowest BCUT2D eigenvalue weighted by Gasteiger charge is -2.12. The summed E-state index contributed by atoms with van der Waals surface area (Å²) >= 11 is 1.22. The summed E-state index contributed by atoms with van der Waals surface area (Å²) in [6.07, 6.45) is 0. The van der Waals surface area contributed by atoms with E-state index in [1.165, 1.54) is 26.0 Å². The fraction of sp³-hybridized carbons (Fsp3) is 0.222. The van der Waals surface area contributed by atoms with Crippen molar-refractivity contribution in [3.05, 3.63) is 72.0 Å². The number of carbonyl (C=O) groups is 2. The summed E-state index contributed by atoms with van der Waals surface area (Å²) in [5.41, 5.74) is 1.30. The van der Waals surface area contributed by atoms with Gasteiger partial charge < -0.3 is 24.6 Å². The van der Waals surface area contributed by atoms with Gasteiger partial charge in [-0.05, 0) is 48.2 Å². The third-order valence-corrected chi connectivity index (χ3v) is 6.24. The molecule has 0 spiro atoms. The lowest BCUT2D eigenvalue weighted by molar-refractivity contribution is 0.102. The van der Waals surface area contributed by atoms with Gasteiger partial charge in [-0.2, -0.15) is 9.97 Å². The van der Waals surface area contributed by atoms with Crippen LogP contribution >= 0.6 is 11.8 Å². The Labute approximate surface area is 229 Å². The first-order valence-electron chi connectivity index (χ1n) is 11.8. The quantitative estimate of drug-likeness (QED) is 0.232. The second kappa shape index (κ2) is 11.9. The summed E-state index contributed by atoms with van der Waals surface area (Å²) in [7, 11) is 3.01. The molecule has 11 nitrogen and oxygen atoms in total. The molecule has 0 bridgehead atoms. The SMILES string of the molecule is COc1cc(OC)nc(Sc2ccccc2C(=O)Nc2ccc(NC(=O)Nc3cc(C(C)(C)C)on3)cc2)n1. The Hall–Kier alpha value is -4.58. The fourth-order valence-corrected chi connectivity index (χ4v) is 4.17. The molecule has 0 saturated heterocycles. The molecule has 0 atom stereocenters. The normalized spacial score (nSPS) is 11.0. The largest absolute Gasteiger partial charge is 0.481 e. The van der Waals surface area contributed by atoms with Crippen LogP contribution in [0.5, 0.6) is 11.8 Å². The van der Waals surface area contributed by atoms with Gasteiger partial charge in [0.25, 0.3) is 5.91 Å². The van der Waals surface area contributed by atoms with E-state index in [0.717, 1.165) is 0 Å². The van der Waals surface area contributed by atoms with Gasteiger partial charge in [0.2, 0.25) is 11.8 Å². The van der Waals surface area contributed by atoms with Crippen LogP contribution in [-0.2, 0) is 5.41 Å². The maximum absolute atomic E-state index is 13.1. The number of ether oxygens (including phenoxy) is 2. The zero-order valence-corrected chi connectivity index (χ0v) is 22.9. The molecule has 0 radical (unpaired) electrons. The molecule has 2 heterocycles. The van der Waals surface area contributed by atoms with Crippen molar-refractivity contribution in [1.29, 1.82) is 0 Å². The van der Waals surface area contributed by atoms with Crippen molar-refractivity contribution in [2.24, 2.45) is 0 Å². The molecule has 0 aliphatic carbocycles. The highest BCUT2D eigenvalue weighted by Gasteiger charge is 2.20. The molecule has 0 fully saturated rings. The Morgan fingerprint density at radius 1 is 0.846 bits per heavy atom. The third kappa shape index (κ3) is 7.26. The molecule has 0 aliphatic heterocycles. The number of urea groups is 1. The molecule has 2 aromatic carbocycles. The van der Waals surface area contributed by atoms with Crippen LogP contribution in [0.3, 0.4) is 0 Å². The summed E-state index contributed by atoms with van der Waals surface area (Å²) in [6.45, 7) is 5.96. The maximum Gasteiger partial charge on any atom is 0.324 e. The van der Waals surface area contributed by atoms with Gasteiger partial charge >= 0.3 is 6.03 Å². The summed E-state index contributed by atoms with van der Waals surface area (Å²) < 4.78 is 15.7. The van der Waals surface area contributed by atoms with Crippen LogP contribution in [0, 0.1) is 0 Å². The second-order valence-corrected chi connectivity index (χ2v) is 10.3. The van der Waals surface area contributed by atoms with Crippen LogP contribution in [0.2, 0.25) is 0 Å². The first kappa shape index (κ1) is 27.5. The number of nitrogens with zero attached hydrogens (tertiary/aromatic N) is 3. The van der Waals surface area contributed by atoms with Crippen molar-refractivity contribution in [3.8, 4) is 11.8 Å². The Morgan fingerprint density at radius 2 is 1.46 bits per heavy atom. The van der Waals surface area contributed by atoms with Crippen molar-refractivity contribution >= 4 is 40.9 Å². The topological polar surface area (TPSA) is 140 Å². The predicted molar refractivity (Wildman–Crippen MR) is 148 cm³/mol. The first-order chi connectivity index (χ1) is 18.6. The summed E-state index contributed by atoms with van der Waals surface area (Å²) in [4.78, 5) is 34.7. The monoisotopic (exact) mass is 548 g/mol. The van der Waals surface area contributed by atoms with E-state index in [9.17, 15) is 9.59 Å². The minimum atomic E-state index is -0.470. The number of methoxy groups -OCH3 is 2. The zero-order valence-electron chi connectivity index (χ0n) is 22.1. The number of anilines is 3. The number of nitrogens with one attached hydrogen (secondary N) is 3. The standard InChI is InChI=1S/C27H28N6O5S/c1-27(2,3)20-14-21(33-38-20)30-25(35)29-17-12-10-16(11-13-17)28-24(34)18-8-6-7-9-19(18)39-26-31-22(36-4)15-23(32-26)37-5/h6-15H,1-5H3,(H,28,34)(H2,29,30,33,35). The minimum absolute atomic E-state index is 0.223. The number of hydrogen-bond donors (Lipinski definition) is 3. The third-order valence-electron chi connectivity index (χ3n) is 5.30. The van der Waals surface area contributed by atoms with Gasteiger partial charge in [0.1, 0.15) is 5.76 Å². The first-order valence-corrected chi connectivity index (χ1v) is 12.7. The van der Waals surface area contributed by atoms with E-state index in [-0.39, 0.29) is 11.3 Å². The van der Waals surface area contributed by atoms with Gasteiger partial charge in [0, 0.05) is 27.8 Å². The average Bonchev–Trinajstić information content (AvgIpc) is 3.39. The van der Waals surface area contributed by atoms with Gasteiger partial charge in [-0.15, -0.1) is 0 Å². The van der Waals surface area contributed by atoms with E-state index in [1.807, 2.05) is 26.8 Å². The molecular formula is C27H28N6O5S. The summed E-state index contributed by atoms with van der Waals surface area (Å²) in [5, 5.41) is 12.5. The number of hydrogen-bond acceptors (Lipinski definition) is 9. The highest BCUT2D eigenvalue weighted by Crippen LogP contribution is 2.31. The number of amides is 3. The maximum atomic E-state index is 13.1. The average molecular weight is 549 g/mol. The van der Waals surface area contributed by atoms with E-state index < -0.39 is 6.03 Å². The van der Waals surface area contributed by atoms with Crippen LogP contribution in [-0.4, -0.2) is 41.3 Å². The molecule has 12 heteroatoms. The Balaban J connectivity index is 1.39.